The topological polar surface area (TPSA) is 76.0 Å². The number of hydrogen-bond acceptors (Lipinski definition) is 4. The number of rotatable bonds is 7. The summed E-state index contributed by atoms with van der Waals surface area (Å²) in [6.07, 6.45) is 2.23. The van der Waals surface area contributed by atoms with E-state index in [1.807, 2.05) is 6.92 Å². The van der Waals surface area contributed by atoms with Gasteiger partial charge in [0.05, 0.1) is 6.20 Å². The zero-order chi connectivity index (χ0) is 12.0. The van der Waals surface area contributed by atoms with E-state index in [0.717, 1.165) is 19.5 Å². The van der Waals surface area contributed by atoms with Gasteiger partial charge in [-0.1, -0.05) is 6.92 Å². The maximum absolute atomic E-state index is 11.8. The molecule has 0 aliphatic heterocycles. The minimum Gasteiger partial charge on any atom is -0.317 e. The van der Waals surface area contributed by atoms with Crippen molar-refractivity contribution in [1.29, 1.82) is 0 Å². The Morgan fingerprint density at radius 1 is 1.44 bits per heavy atom. The molecular formula is C9H18N4O2S. The Morgan fingerprint density at radius 3 is 2.75 bits per heavy atom. The molecule has 0 aliphatic carbocycles. The van der Waals surface area contributed by atoms with Crippen LogP contribution in [0, 0.1) is 0 Å². The van der Waals surface area contributed by atoms with Crippen molar-refractivity contribution < 1.29 is 8.42 Å². The van der Waals surface area contributed by atoms with Crippen molar-refractivity contribution in [1.82, 2.24) is 19.8 Å². The molecule has 1 heterocycles. The van der Waals surface area contributed by atoms with E-state index in [9.17, 15) is 8.42 Å². The van der Waals surface area contributed by atoms with E-state index < -0.39 is 10.0 Å². The molecule has 0 aromatic carbocycles. The lowest BCUT2D eigenvalue weighted by atomic mass is 10.4. The summed E-state index contributed by atoms with van der Waals surface area (Å²) < 4.78 is 27.4. The average molecular weight is 246 g/mol. The van der Waals surface area contributed by atoms with Crippen LogP contribution in [0.25, 0.3) is 0 Å². The number of aromatic nitrogens is 2. The van der Waals surface area contributed by atoms with E-state index in [0.29, 0.717) is 6.54 Å². The number of nitrogens with zero attached hydrogens (tertiary/aromatic N) is 2. The Hall–Kier alpha value is -0.920. The molecule has 1 aromatic rings. The molecule has 0 saturated heterocycles. The first kappa shape index (κ1) is 13.1. The molecule has 0 bridgehead atoms. The van der Waals surface area contributed by atoms with Gasteiger partial charge in [0.2, 0.25) is 0 Å². The molecule has 0 radical (unpaired) electrons. The van der Waals surface area contributed by atoms with E-state index in [-0.39, 0.29) is 5.03 Å². The van der Waals surface area contributed by atoms with Gasteiger partial charge < -0.3 is 5.32 Å². The predicted octanol–water partition coefficient (Wildman–Crippen LogP) is -0.302. The predicted molar refractivity (Wildman–Crippen MR) is 61.6 cm³/mol. The summed E-state index contributed by atoms with van der Waals surface area (Å²) in [6, 6.07) is 1.48. The average Bonchev–Trinajstić information content (AvgIpc) is 2.65. The molecule has 0 unspecified atom stereocenters. The maximum atomic E-state index is 11.8. The number of sulfonamides is 1. The van der Waals surface area contributed by atoms with Gasteiger partial charge in [0.15, 0.2) is 5.03 Å². The van der Waals surface area contributed by atoms with Gasteiger partial charge in [0.25, 0.3) is 10.0 Å². The molecule has 92 valence electrons. The van der Waals surface area contributed by atoms with E-state index in [2.05, 4.69) is 15.1 Å². The van der Waals surface area contributed by atoms with Gasteiger partial charge in [0.1, 0.15) is 0 Å². The van der Waals surface area contributed by atoms with Crippen LogP contribution >= 0.6 is 0 Å². The van der Waals surface area contributed by atoms with Crippen molar-refractivity contribution in [3.05, 3.63) is 12.3 Å². The summed E-state index contributed by atoms with van der Waals surface area (Å²) >= 11 is 0. The molecule has 0 amide bonds. The Kier molecular flexibility index (Phi) is 4.91. The maximum Gasteiger partial charge on any atom is 0.257 e. The summed E-state index contributed by atoms with van der Waals surface area (Å²) in [5.74, 6) is 0. The zero-order valence-corrected chi connectivity index (χ0v) is 10.4. The van der Waals surface area contributed by atoms with Gasteiger partial charge in [-0.15, -0.1) is 0 Å². The molecule has 0 aliphatic rings. The largest absolute Gasteiger partial charge is 0.317 e. The molecule has 1 rings (SSSR count). The van der Waals surface area contributed by atoms with Crippen LogP contribution in [0.15, 0.2) is 17.3 Å². The van der Waals surface area contributed by atoms with E-state index >= 15 is 0 Å². The van der Waals surface area contributed by atoms with Gasteiger partial charge in [-0.3, -0.25) is 4.68 Å². The molecule has 0 saturated carbocycles. The first-order chi connectivity index (χ1) is 7.58. The lowest BCUT2D eigenvalue weighted by Gasteiger charge is -2.06. The van der Waals surface area contributed by atoms with Crippen LogP contribution in [-0.2, 0) is 17.1 Å². The molecule has 0 fully saturated rings. The SMILES string of the molecule is CCNCCCNS(=O)(=O)c1ccnn1C. The minimum absolute atomic E-state index is 0.191. The molecular weight excluding hydrogens is 228 g/mol. The lowest BCUT2D eigenvalue weighted by molar-refractivity contribution is 0.558. The third-order valence-electron chi connectivity index (χ3n) is 2.12. The molecule has 0 spiro atoms. The van der Waals surface area contributed by atoms with Crippen LogP contribution in [0.2, 0.25) is 0 Å². The molecule has 1 aromatic heterocycles. The van der Waals surface area contributed by atoms with Crippen LogP contribution in [0.4, 0.5) is 0 Å². The van der Waals surface area contributed by atoms with Gasteiger partial charge in [-0.2, -0.15) is 5.10 Å². The monoisotopic (exact) mass is 246 g/mol. The second kappa shape index (κ2) is 5.97. The lowest BCUT2D eigenvalue weighted by Crippen LogP contribution is -2.28. The highest BCUT2D eigenvalue weighted by molar-refractivity contribution is 7.89. The fraction of sp³-hybridized carbons (Fsp3) is 0.667. The fourth-order valence-electron chi connectivity index (χ4n) is 1.30. The van der Waals surface area contributed by atoms with Crippen molar-refractivity contribution in [2.24, 2.45) is 7.05 Å². The molecule has 7 heteroatoms. The van der Waals surface area contributed by atoms with Crippen LogP contribution < -0.4 is 10.0 Å². The smallest absolute Gasteiger partial charge is 0.257 e. The first-order valence-electron chi connectivity index (χ1n) is 5.26. The second-order valence-corrected chi connectivity index (χ2v) is 5.11. The first-order valence-corrected chi connectivity index (χ1v) is 6.74. The summed E-state index contributed by atoms with van der Waals surface area (Å²) in [5.41, 5.74) is 0. The molecule has 16 heavy (non-hydrogen) atoms. The number of nitrogens with one attached hydrogen (secondary N) is 2. The second-order valence-electron chi connectivity index (χ2n) is 3.40. The van der Waals surface area contributed by atoms with Gasteiger partial charge in [0, 0.05) is 13.6 Å². The van der Waals surface area contributed by atoms with Gasteiger partial charge in [-0.05, 0) is 25.6 Å². The quantitative estimate of drug-likeness (QED) is 0.648. The Balaban J connectivity index is 2.45. The highest BCUT2D eigenvalue weighted by atomic mass is 32.2. The van der Waals surface area contributed by atoms with Crippen molar-refractivity contribution in [2.45, 2.75) is 18.4 Å². The standard InChI is InChI=1S/C9H18N4O2S/c1-3-10-6-4-7-12-16(14,15)9-5-8-11-13(9)2/h5,8,10,12H,3-4,6-7H2,1-2H3. The molecule has 6 nitrogen and oxygen atoms in total. The highest BCUT2D eigenvalue weighted by Gasteiger charge is 2.16. The van der Waals surface area contributed by atoms with Crippen LogP contribution in [0.1, 0.15) is 13.3 Å². The zero-order valence-electron chi connectivity index (χ0n) is 9.60. The van der Waals surface area contributed by atoms with E-state index in [1.54, 1.807) is 7.05 Å². The van der Waals surface area contributed by atoms with Crippen molar-refractivity contribution >= 4 is 10.0 Å². The summed E-state index contributed by atoms with van der Waals surface area (Å²) in [5, 5.41) is 7.14. The number of hydrogen-bond donors (Lipinski definition) is 2. The molecule has 0 atom stereocenters. The third-order valence-corrected chi connectivity index (χ3v) is 3.66. The van der Waals surface area contributed by atoms with Crippen LogP contribution in [-0.4, -0.2) is 37.8 Å². The van der Waals surface area contributed by atoms with Gasteiger partial charge in [-0.25, -0.2) is 13.1 Å². The van der Waals surface area contributed by atoms with Crippen molar-refractivity contribution in [3.8, 4) is 0 Å². The Bertz CT molecular complexity index is 413. The highest BCUT2D eigenvalue weighted by Crippen LogP contribution is 2.05. The van der Waals surface area contributed by atoms with Crippen LogP contribution in [0.3, 0.4) is 0 Å². The fourth-order valence-corrected chi connectivity index (χ4v) is 2.49. The Morgan fingerprint density at radius 2 is 2.19 bits per heavy atom. The Labute approximate surface area is 96.1 Å². The van der Waals surface area contributed by atoms with Gasteiger partial charge >= 0.3 is 0 Å². The summed E-state index contributed by atoms with van der Waals surface area (Å²) in [7, 11) is -1.81. The van der Waals surface area contributed by atoms with Crippen molar-refractivity contribution in [2.75, 3.05) is 19.6 Å². The summed E-state index contributed by atoms with van der Waals surface area (Å²) in [6.45, 7) is 4.15. The number of aryl methyl sites for hydroxylation is 1. The third kappa shape index (κ3) is 3.58. The van der Waals surface area contributed by atoms with E-state index in [4.69, 9.17) is 0 Å². The summed E-state index contributed by atoms with van der Waals surface area (Å²) in [4.78, 5) is 0. The van der Waals surface area contributed by atoms with E-state index in [1.165, 1.54) is 16.9 Å². The van der Waals surface area contributed by atoms with Crippen LogP contribution in [0.5, 0.6) is 0 Å². The normalized spacial score (nSPS) is 11.9. The minimum atomic E-state index is -3.41. The molecule has 2 N–H and O–H groups in total. The van der Waals surface area contributed by atoms with Crippen molar-refractivity contribution in [3.63, 3.8) is 0 Å².